The van der Waals surface area contributed by atoms with Crippen LogP contribution in [0.25, 0.3) is 0 Å². The molecule has 3 unspecified atom stereocenters. The minimum absolute atomic E-state index is 0.219. The van der Waals surface area contributed by atoms with Crippen LogP contribution in [0.4, 0.5) is 4.79 Å². The van der Waals surface area contributed by atoms with Crippen molar-refractivity contribution in [2.45, 2.75) is 78.0 Å². The van der Waals surface area contributed by atoms with Crippen molar-refractivity contribution >= 4 is 6.09 Å². The molecule has 4 heteroatoms. The fourth-order valence-corrected chi connectivity index (χ4v) is 3.61. The van der Waals surface area contributed by atoms with Crippen molar-refractivity contribution in [3.8, 4) is 0 Å². The van der Waals surface area contributed by atoms with E-state index >= 15 is 0 Å². The van der Waals surface area contributed by atoms with Crippen LogP contribution in [0.1, 0.15) is 60.3 Å². The average Bonchev–Trinajstić information content (AvgIpc) is 3.10. The zero-order valence-corrected chi connectivity index (χ0v) is 14.3. The fourth-order valence-electron chi connectivity index (χ4n) is 3.61. The predicted molar refractivity (Wildman–Crippen MR) is 85.3 cm³/mol. The Labute approximate surface area is 129 Å². The van der Waals surface area contributed by atoms with E-state index < -0.39 is 5.60 Å². The molecule has 4 nitrogen and oxygen atoms in total. The Hall–Kier alpha value is -0.770. The van der Waals surface area contributed by atoms with Gasteiger partial charge in [-0.15, -0.1) is 0 Å². The smallest absolute Gasteiger partial charge is 0.407 e. The van der Waals surface area contributed by atoms with Crippen LogP contribution >= 0.6 is 0 Å². The van der Waals surface area contributed by atoms with Crippen LogP contribution in [-0.2, 0) is 4.74 Å². The second-order valence-corrected chi connectivity index (χ2v) is 7.95. The lowest BCUT2D eigenvalue weighted by Crippen LogP contribution is -2.54. The van der Waals surface area contributed by atoms with Crippen molar-refractivity contribution in [3.05, 3.63) is 0 Å². The normalized spacial score (nSPS) is 29.0. The zero-order chi connectivity index (χ0) is 15.6. The minimum Gasteiger partial charge on any atom is -0.444 e. The molecule has 1 N–H and O–H groups in total. The topological polar surface area (TPSA) is 41.6 Å². The number of ether oxygens (including phenoxy) is 1. The van der Waals surface area contributed by atoms with Crippen LogP contribution in [0.15, 0.2) is 0 Å². The van der Waals surface area contributed by atoms with Crippen molar-refractivity contribution < 1.29 is 9.53 Å². The van der Waals surface area contributed by atoms with E-state index in [2.05, 4.69) is 24.1 Å². The van der Waals surface area contributed by atoms with E-state index in [1.54, 1.807) is 0 Å². The Morgan fingerprint density at radius 1 is 1.33 bits per heavy atom. The van der Waals surface area contributed by atoms with Gasteiger partial charge in [-0.05, 0) is 58.3 Å². The molecule has 1 aliphatic heterocycles. The Morgan fingerprint density at radius 3 is 2.52 bits per heavy atom. The molecule has 0 aromatic carbocycles. The lowest BCUT2D eigenvalue weighted by molar-refractivity contribution is 0.0407. The highest BCUT2D eigenvalue weighted by atomic mass is 16.6. The van der Waals surface area contributed by atoms with Gasteiger partial charge in [0.25, 0.3) is 0 Å². The molecular formula is C17H32N2O2. The number of nitrogens with one attached hydrogen (secondary N) is 1. The summed E-state index contributed by atoms with van der Waals surface area (Å²) < 4.78 is 5.39. The second kappa shape index (κ2) is 6.55. The molecule has 1 saturated heterocycles. The van der Waals surface area contributed by atoms with Gasteiger partial charge in [0.05, 0.1) is 0 Å². The molecule has 0 aromatic rings. The highest BCUT2D eigenvalue weighted by Gasteiger charge is 2.37. The van der Waals surface area contributed by atoms with Gasteiger partial charge in [0, 0.05) is 25.2 Å². The summed E-state index contributed by atoms with van der Waals surface area (Å²) in [4.78, 5) is 14.6. The number of rotatable bonds is 4. The maximum Gasteiger partial charge on any atom is 0.407 e. The van der Waals surface area contributed by atoms with Crippen molar-refractivity contribution in [1.82, 2.24) is 10.2 Å². The van der Waals surface area contributed by atoms with Gasteiger partial charge in [0.2, 0.25) is 0 Å². The highest BCUT2D eigenvalue weighted by molar-refractivity contribution is 5.68. The number of likely N-dealkylation sites (tertiary alicyclic amines) is 1. The Bertz CT molecular complexity index is 360. The van der Waals surface area contributed by atoms with Crippen LogP contribution < -0.4 is 5.32 Å². The molecule has 21 heavy (non-hydrogen) atoms. The largest absolute Gasteiger partial charge is 0.444 e. The van der Waals surface area contributed by atoms with E-state index in [-0.39, 0.29) is 12.1 Å². The highest BCUT2D eigenvalue weighted by Crippen LogP contribution is 2.38. The predicted octanol–water partition coefficient (Wildman–Crippen LogP) is 3.41. The number of carbonyl (C=O) groups excluding carboxylic acids is 1. The van der Waals surface area contributed by atoms with E-state index in [1.807, 2.05) is 20.8 Å². The SMILES string of the molecule is CCC(C1CC1)N1CC(C)CC(NC(=O)OC(C)(C)C)C1. The number of amides is 1. The number of piperidine rings is 1. The monoisotopic (exact) mass is 296 g/mol. The Morgan fingerprint density at radius 2 is 2.00 bits per heavy atom. The summed E-state index contributed by atoms with van der Waals surface area (Å²) in [6, 6.07) is 0.923. The average molecular weight is 296 g/mol. The molecule has 1 heterocycles. The quantitative estimate of drug-likeness (QED) is 0.864. The van der Waals surface area contributed by atoms with E-state index in [1.165, 1.54) is 25.8 Å². The molecule has 0 bridgehead atoms. The van der Waals surface area contributed by atoms with Crippen LogP contribution in [-0.4, -0.2) is 41.8 Å². The molecule has 1 aliphatic carbocycles. The second-order valence-electron chi connectivity index (χ2n) is 7.95. The van der Waals surface area contributed by atoms with Crippen LogP contribution in [0.3, 0.4) is 0 Å². The van der Waals surface area contributed by atoms with Crippen molar-refractivity contribution in [3.63, 3.8) is 0 Å². The first-order valence-corrected chi connectivity index (χ1v) is 8.52. The maximum atomic E-state index is 12.0. The summed E-state index contributed by atoms with van der Waals surface area (Å²) in [6.45, 7) is 12.4. The van der Waals surface area contributed by atoms with Gasteiger partial charge in [-0.2, -0.15) is 0 Å². The van der Waals surface area contributed by atoms with Crippen LogP contribution in [0, 0.1) is 11.8 Å². The molecule has 1 amide bonds. The first-order chi connectivity index (χ1) is 9.78. The lowest BCUT2D eigenvalue weighted by Gasteiger charge is -2.41. The standard InChI is InChI=1S/C17H32N2O2/c1-6-15(13-7-8-13)19-10-12(2)9-14(11-19)18-16(20)21-17(3,4)5/h12-15H,6-11H2,1-5H3,(H,18,20). The summed E-state index contributed by atoms with van der Waals surface area (Å²) in [5.74, 6) is 1.52. The minimum atomic E-state index is -0.427. The summed E-state index contributed by atoms with van der Waals surface area (Å²) >= 11 is 0. The molecular weight excluding hydrogens is 264 g/mol. The van der Waals surface area contributed by atoms with Gasteiger partial charge in [-0.1, -0.05) is 13.8 Å². The third kappa shape index (κ3) is 5.17. The van der Waals surface area contributed by atoms with Crippen LogP contribution in [0.5, 0.6) is 0 Å². The van der Waals surface area contributed by atoms with E-state index in [0.29, 0.717) is 12.0 Å². The van der Waals surface area contributed by atoms with E-state index in [4.69, 9.17) is 4.74 Å². The molecule has 2 rings (SSSR count). The fraction of sp³-hybridized carbons (Fsp3) is 0.941. The molecule has 2 aliphatic rings. The first kappa shape index (κ1) is 16.6. The Balaban J connectivity index is 1.89. The third-order valence-electron chi connectivity index (χ3n) is 4.46. The molecule has 2 fully saturated rings. The number of nitrogens with zero attached hydrogens (tertiary/aromatic N) is 1. The van der Waals surface area contributed by atoms with Gasteiger partial charge in [-0.25, -0.2) is 4.79 Å². The molecule has 3 atom stereocenters. The van der Waals surface area contributed by atoms with Gasteiger partial charge in [-0.3, -0.25) is 4.90 Å². The van der Waals surface area contributed by atoms with Gasteiger partial charge in [0.15, 0.2) is 0 Å². The first-order valence-electron chi connectivity index (χ1n) is 8.52. The van der Waals surface area contributed by atoms with Crippen molar-refractivity contribution in [1.29, 1.82) is 0 Å². The number of alkyl carbamates (subject to hydrolysis) is 1. The molecule has 0 spiro atoms. The van der Waals surface area contributed by atoms with Crippen molar-refractivity contribution in [2.75, 3.05) is 13.1 Å². The number of hydrogen-bond donors (Lipinski definition) is 1. The zero-order valence-electron chi connectivity index (χ0n) is 14.3. The van der Waals surface area contributed by atoms with Crippen molar-refractivity contribution in [2.24, 2.45) is 11.8 Å². The molecule has 0 radical (unpaired) electrons. The van der Waals surface area contributed by atoms with E-state index in [0.717, 1.165) is 18.9 Å². The molecule has 122 valence electrons. The summed E-state index contributed by atoms with van der Waals surface area (Å²) in [6.07, 6.45) is 4.76. The molecule has 1 saturated carbocycles. The molecule has 0 aromatic heterocycles. The Kier molecular flexibility index (Phi) is 5.18. The van der Waals surface area contributed by atoms with Crippen LogP contribution in [0.2, 0.25) is 0 Å². The van der Waals surface area contributed by atoms with Gasteiger partial charge >= 0.3 is 6.09 Å². The van der Waals surface area contributed by atoms with Gasteiger partial charge < -0.3 is 10.1 Å². The summed E-state index contributed by atoms with van der Waals surface area (Å²) in [7, 11) is 0. The number of carbonyl (C=O) groups is 1. The van der Waals surface area contributed by atoms with Gasteiger partial charge in [0.1, 0.15) is 5.60 Å². The van der Waals surface area contributed by atoms with E-state index in [9.17, 15) is 4.79 Å². The third-order valence-corrected chi connectivity index (χ3v) is 4.46. The number of hydrogen-bond acceptors (Lipinski definition) is 3. The summed E-state index contributed by atoms with van der Waals surface area (Å²) in [5, 5.41) is 3.07. The lowest BCUT2D eigenvalue weighted by atomic mass is 9.93. The maximum absolute atomic E-state index is 12.0. The summed E-state index contributed by atoms with van der Waals surface area (Å²) in [5.41, 5.74) is -0.427.